The van der Waals surface area contributed by atoms with Gasteiger partial charge in [0.15, 0.2) is 5.58 Å². The van der Waals surface area contributed by atoms with Gasteiger partial charge in [-0.25, -0.2) is 4.98 Å². The topological polar surface area (TPSA) is 81.8 Å². The lowest BCUT2D eigenvalue weighted by Gasteiger charge is -2.34. The normalized spacial score (nSPS) is 15.5. The van der Waals surface area contributed by atoms with Crippen LogP contribution in [0.25, 0.3) is 11.1 Å². The van der Waals surface area contributed by atoms with Gasteiger partial charge in [0.1, 0.15) is 11.3 Å². The molecule has 0 spiro atoms. The number of fused-ring (bicyclic) bond motifs is 1. The number of aromatic nitrogens is 1. The Kier molecular flexibility index (Phi) is 9.13. The molecule has 212 valence electrons. The van der Waals surface area contributed by atoms with Gasteiger partial charge in [-0.2, -0.15) is 13.2 Å². The molecule has 0 atom stereocenters. The molecule has 2 aromatic carbocycles. The minimum atomic E-state index is -4.42. The van der Waals surface area contributed by atoms with Crippen molar-refractivity contribution in [3.8, 4) is 5.75 Å². The SMILES string of the molecule is CC(C)c1cc(O)cc(C(C)C)c1NC(=O)CN1CCN(CCSc2nc3ccc(C(F)(F)F)cc3o2)CC1. The van der Waals surface area contributed by atoms with Crippen LogP contribution in [0.15, 0.2) is 40.0 Å². The Morgan fingerprint density at radius 1 is 1.05 bits per heavy atom. The number of rotatable bonds is 9. The maximum Gasteiger partial charge on any atom is 0.416 e. The van der Waals surface area contributed by atoms with E-state index >= 15 is 0 Å². The first kappa shape index (κ1) is 29.2. The highest BCUT2D eigenvalue weighted by Crippen LogP contribution is 2.36. The molecule has 0 radical (unpaired) electrons. The molecule has 0 aliphatic carbocycles. The Morgan fingerprint density at radius 2 is 1.67 bits per heavy atom. The van der Waals surface area contributed by atoms with E-state index in [1.54, 1.807) is 12.1 Å². The van der Waals surface area contributed by atoms with Crippen LogP contribution in [-0.2, 0) is 11.0 Å². The Morgan fingerprint density at radius 3 is 2.26 bits per heavy atom. The van der Waals surface area contributed by atoms with E-state index in [9.17, 15) is 23.1 Å². The fourth-order valence-electron chi connectivity index (χ4n) is 4.68. The van der Waals surface area contributed by atoms with Crippen LogP contribution in [0.3, 0.4) is 0 Å². The second kappa shape index (κ2) is 12.2. The predicted molar refractivity (Wildman–Crippen MR) is 148 cm³/mol. The standard InChI is InChI=1S/C28H35F3N4O3S/c1-17(2)21-14-20(36)15-22(18(3)4)26(21)33-25(37)16-35-9-7-34(8-10-35)11-12-39-27-32-23-6-5-19(28(29,30)31)13-24(23)38-27/h5-6,13-15,17-18,36H,7-12,16H2,1-4H3,(H,33,37). The lowest BCUT2D eigenvalue weighted by Crippen LogP contribution is -2.49. The number of aromatic hydroxyl groups is 1. The third-order valence-electron chi connectivity index (χ3n) is 6.85. The molecule has 4 rings (SSSR count). The van der Waals surface area contributed by atoms with E-state index in [1.807, 2.05) is 27.7 Å². The molecule has 1 aliphatic rings. The van der Waals surface area contributed by atoms with Gasteiger partial charge in [0.2, 0.25) is 5.91 Å². The quantitative estimate of drug-likeness (QED) is 0.238. The average Bonchev–Trinajstić information content (AvgIpc) is 3.27. The summed E-state index contributed by atoms with van der Waals surface area (Å²) >= 11 is 1.38. The van der Waals surface area contributed by atoms with Crippen molar-refractivity contribution in [2.24, 2.45) is 0 Å². The number of nitrogens with one attached hydrogen (secondary N) is 1. The van der Waals surface area contributed by atoms with Crippen LogP contribution >= 0.6 is 11.8 Å². The summed E-state index contributed by atoms with van der Waals surface area (Å²) < 4.78 is 44.3. The number of amides is 1. The number of halogens is 3. The first-order valence-corrected chi connectivity index (χ1v) is 14.1. The summed E-state index contributed by atoms with van der Waals surface area (Å²) in [5.74, 6) is 1.13. The van der Waals surface area contributed by atoms with Crippen molar-refractivity contribution in [1.29, 1.82) is 0 Å². The summed E-state index contributed by atoms with van der Waals surface area (Å²) in [5, 5.41) is 13.6. The molecule has 2 N–H and O–H groups in total. The molecule has 0 saturated carbocycles. The molecule has 7 nitrogen and oxygen atoms in total. The minimum Gasteiger partial charge on any atom is -0.508 e. The molecule has 0 unspecified atom stereocenters. The molecule has 1 aliphatic heterocycles. The summed E-state index contributed by atoms with van der Waals surface area (Å²) in [7, 11) is 0. The smallest absolute Gasteiger partial charge is 0.416 e. The lowest BCUT2D eigenvalue weighted by atomic mass is 9.92. The fourth-order valence-corrected chi connectivity index (χ4v) is 5.52. The second-order valence-electron chi connectivity index (χ2n) is 10.5. The van der Waals surface area contributed by atoms with Gasteiger partial charge in [0.25, 0.3) is 5.22 Å². The van der Waals surface area contributed by atoms with Crippen LogP contribution in [-0.4, -0.2) is 70.8 Å². The Bertz CT molecular complexity index is 1270. The summed E-state index contributed by atoms with van der Waals surface area (Å²) in [6.07, 6.45) is -4.42. The number of carbonyl (C=O) groups excluding carboxylic acids is 1. The van der Waals surface area contributed by atoms with E-state index in [0.717, 1.165) is 61.7 Å². The highest BCUT2D eigenvalue weighted by atomic mass is 32.2. The number of carbonyl (C=O) groups is 1. The second-order valence-corrected chi connectivity index (χ2v) is 11.5. The van der Waals surface area contributed by atoms with E-state index in [-0.39, 0.29) is 29.1 Å². The van der Waals surface area contributed by atoms with Crippen LogP contribution in [0.5, 0.6) is 5.75 Å². The number of benzene rings is 2. The number of phenolic OH excluding ortho intramolecular Hbond substituents is 1. The van der Waals surface area contributed by atoms with Gasteiger partial charge >= 0.3 is 6.18 Å². The summed E-state index contributed by atoms with van der Waals surface area (Å²) in [6, 6.07) is 6.77. The number of hydrogen-bond acceptors (Lipinski definition) is 7. The predicted octanol–water partition coefficient (Wildman–Crippen LogP) is 6.15. The molecule has 1 aromatic heterocycles. The van der Waals surface area contributed by atoms with E-state index in [4.69, 9.17) is 4.42 Å². The molecular formula is C28H35F3N4O3S. The van der Waals surface area contributed by atoms with E-state index in [2.05, 4.69) is 20.1 Å². The Labute approximate surface area is 230 Å². The lowest BCUT2D eigenvalue weighted by molar-refractivity contribution is -0.137. The number of thioether (sulfide) groups is 1. The van der Waals surface area contributed by atoms with Gasteiger partial charge in [-0.3, -0.25) is 14.6 Å². The molecule has 1 saturated heterocycles. The molecule has 3 aromatic rings. The molecule has 0 bridgehead atoms. The average molecular weight is 565 g/mol. The van der Waals surface area contributed by atoms with Crippen molar-refractivity contribution in [2.45, 2.75) is 50.9 Å². The summed E-state index contributed by atoms with van der Waals surface area (Å²) in [6.45, 7) is 12.4. The van der Waals surface area contributed by atoms with Gasteiger partial charge in [0, 0.05) is 44.2 Å². The maximum atomic E-state index is 13.0. The maximum absolute atomic E-state index is 13.0. The van der Waals surface area contributed by atoms with Crippen LogP contribution < -0.4 is 5.32 Å². The van der Waals surface area contributed by atoms with Crippen LogP contribution in [0.1, 0.15) is 56.2 Å². The zero-order chi connectivity index (χ0) is 28.3. The van der Waals surface area contributed by atoms with Crippen LogP contribution in [0.2, 0.25) is 0 Å². The molecule has 1 amide bonds. The number of piperazine rings is 1. The zero-order valence-corrected chi connectivity index (χ0v) is 23.5. The minimum absolute atomic E-state index is 0.0712. The number of nitrogens with zero attached hydrogens (tertiary/aromatic N) is 3. The molecule has 39 heavy (non-hydrogen) atoms. The molecule has 11 heteroatoms. The number of hydrogen-bond donors (Lipinski definition) is 2. The number of anilines is 1. The number of phenols is 1. The first-order valence-electron chi connectivity index (χ1n) is 13.1. The van der Waals surface area contributed by atoms with Gasteiger partial charge in [-0.1, -0.05) is 39.5 Å². The Hall–Kier alpha value is -2.76. The number of oxazole rings is 1. The van der Waals surface area contributed by atoms with Gasteiger partial charge in [-0.05, 0) is 53.3 Å². The fraction of sp³-hybridized carbons (Fsp3) is 0.500. The highest BCUT2D eigenvalue weighted by Gasteiger charge is 2.31. The van der Waals surface area contributed by atoms with Crippen molar-refractivity contribution in [2.75, 3.05) is 50.3 Å². The summed E-state index contributed by atoms with van der Waals surface area (Å²) in [5.41, 5.74) is 2.44. The van der Waals surface area contributed by atoms with Crippen molar-refractivity contribution >= 4 is 34.5 Å². The van der Waals surface area contributed by atoms with E-state index in [0.29, 0.717) is 23.0 Å². The van der Waals surface area contributed by atoms with Crippen molar-refractivity contribution in [1.82, 2.24) is 14.8 Å². The highest BCUT2D eigenvalue weighted by molar-refractivity contribution is 7.99. The molecular weight excluding hydrogens is 529 g/mol. The zero-order valence-electron chi connectivity index (χ0n) is 22.6. The van der Waals surface area contributed by atoms with Gasteiger partial charge in [0.05, 0.1) is 12.1 Å². The van der Waals surface area contributed by atoms with Crippen molar-refractivity contribution in [3.63, 3.8) is 0 Å². The largest absolute Gasteiger partial charge is 0.508 e. The monoisotopic (exact) mass is 564 g/mol. The summed E-state index contributed by atoms with van der Waals surface area (Å²) in [4.78, 5) is 21.7. The van der Waals surface area contributed by atoms with Crippen molar-refractivity contribution in [3.05, 3.63) is 47.0 Å². The third kappa shape index (κ3) is 7.46. The third-order valence-corrected chi connectivity index (χ3v) is 7.66. The van der Waals surface area contributed by atoms with Crippen LogP contribution in [0, 0.1) is 0 Å². The van der Waals surface area contributed by atoms with Crippen molar-refractivity contribution < 1.29 is 27.5 Å². The van der Waals surface area contributed by atoms with E-state index in [1.165, 1.54) is 17.8 Å². The van der Waals surface area contributed by atoms with Gasteiger partial charge < -0.3 is 14.8 Å². The van der Waals surface area contributed by atoms with E-state index < -0.39 is 11.7 Å². The first-order chi connectivity index (χ1) is 18.4. The van der Waals surface area contributed by atoms with Crippen LogP contribution in [0.4, 0.5) is 18.9 Å². The Balaban J connectivity index is 1.25. The molecule has 1 fully saturated rings. The molecule has 2 heterocycles. The number of alkyl halides is 3. The van der Waals surface area contributed by atoms with Gasteiger partial charge in [-0.15, -0.1) is 0 Å².